The van der Waals surface area contributed by atoms with E-state index in [0.29, 0.717) is 19.7 Å². The molecule has 3 aliphatic heterocycles. The van der Waals surface area contributed by atoms with E-state index in [1.54, 1.807) is 27.6 Å². The van der Waals surface area contributed by atoms with Crippen LogP contribution in [0, 0.1) is 23.7 Å². The lowest BCUT2D eigenvalue weighted by Crippen LogP contribution is -2.60. The van der Waals surface area contributed by atoms with Gasteiger partial charge in [-0.25, -0.2) is 0 Å². The van der Waals surface area contributed by atoms with Crippen LogP contribution in [0.25, 0.3) is 0 Å². The first-order valence-corrected chi connectivity index (χ1v) is 16.0. The Bertz CT molecular complexity index is 1110. The van der Waals surface area contributed by atoms with Crippen LogP contribution in [0.3, 0.4) is 0 Å². The third-order valence-corrected chi connectivity index (χ3v) is 11.5. The van der Waals surface area contributed by atoms with Gasteiger partial charge in [0, 0.05) is 18.3 Å². The Balaban J connectivity index is 1.73. The highest BCUT2D eigenvalue weighted by atomic mass is 32.2. The molecule has 41 heavy (non-hydrogen) atoms. The van der Waals surface area contributed by atoms with Crippen LogP contribution in [-0.2, 0) is 25.7 Å². The molecule has 3 heterocycles. The van der Waals surface area contributed by atoms with E-state index < -0.39 is 28.7 Å². The monoisotopic (exact) mass is 582 g/mol. The molecule has 7 nitrogen and oxygen atoms in total. The van der Waals surface area contributed by atoms with Gasteiger partial charge in [0.2, 0.25) is 11.8 Å². The van der Waals surface area contributed by atoms with Gasteiger partial charge in [-0.2, -0.15) is 0 Å². The summed E-state index contributed by atoms with van der Waals surface area (Å²) in [6.07, 6.45) is 7.55. The summed E-state index contributed by atoms with van der Waals surface area (Å²) in [4.78, 5) is 46.2. The molecule has 0 saturated carbocycles. The quantitative estimate of drug-likeness (QED) is 0.181. The van der Waals surface area contributed by atoms with Gasteiger partial charge in [-0.05, 0) is 43.1 Å². The highest BCUT2D eigenvalue weighted by Crippen LogP contribution is 2.69. The van der Waals surface area contributed by atoms with E-state index in [1.165, 1.54) is 0 Å². The maximum atomic E-state index is 14.7. The lowest BCUT2D eigenvalue weighted by atomic mass is 9.66. The molecule has 1 N–H and O–H groups in total. The zero-order chi connectivity index (χ0) is 29.7. The van der Waals surface area contributed by atoms with Crippen LogP contribution < -0.4 is 0 Å². The number of aliphatic hydroxyl groups is 1. The summed E-state index contributed by atoms with van der Waals surface area (Å²) in [6.45, 7) is 14.6. The van der Waals surface area contributed by atoms with Crippen molar-refractivity contribution < 1.29 is 24.2 Å². The lowest BCUT2D eigenvalue weighted by Gasteiger charge is -2.43. The maximum absolute atomic E-state index is 14.7. The molecule has 1 spiro atoms. The number of aliphatic hydroxyl groups excluding tert-OH is 1. The van der Waals surface area contributed by atoms with Gasteiger partial charge in [-0.3, -0.25) is 14.4 Å². The number of hydrogen-bond donors (Lipinski definition) is 1. The number of nitrogens with zero attached hydrogens (tertiary/aromatic N) is 2. The van der Waals surface area contributed by atoms with Gasteiger partial charge in [-0.1, -0.05) is 69.7 Å². The van der Waals surface area contributed by atoms with Crippen LogP contribution in [0.4, 0.5) is 0 Å². The van der Waals surface area contributed by atoms with Gasteiger partial charge in [0.1, 0.15) is 6.04 Å². The number of likely N-dealkylation sites (tertiary alicyclic amines) is 1. The number of allylic oxidation sites excluding steroid dienone is 1. The second kappa shape index (κ2) is 13.6. The van der Waals surface area contributed by atoms with E-state index in [-0.39, 0.29) is 41.5 Å². The van der Waals surface area contributed by atoms with E-state index in [4.69, 9.17) is 4.74 Å². The number of thioether (sulfide) groups is 1. The Morgan fingerprint density at radius 1 is 1.24 bits per heavy atom. The van der Waals surface area contributed by atoms with Crippen LogP contribution in [-0.4, -0.2) is 74.5 Å². The molecule has 2 amide bonds. The Labute approximate surface area is 249 Å². The summed E-state index contributed by atoms with van der Waals surface area (Å²) in [5, 5.41) is 10.5. The third-order valence-electron chi connectivity index (χ3n) is 9.46. The number of benzene rings is 1. The van der Waals surface area contributed by atoms with Crippen LogP contribution in [0.15, 0.2) is 55.6 Å². The largest absolute Gasteiger partial charge is 0.465 e. The molecule has 3 aliphatic rings. The van der Waals surface area contributed by atoms with Gasteiger partial charge >= 0.3 is 5.97 Å². The third kappa shape index (κ3) is 5.74. The second-order valence-electron chi connectivity index (χ2n) is 11.9. The predicted octanol–water partition coefficient (Wildman–Crippen LogP) is 4.84. The molecule has 3 unspecified atom stereocenters. The van der Waals surface area contributed by atoms with Crippen molar-refractivity contribution in [2.24, 2.45) is 23.7 Å². The molecule has 2 bridgehead atoms. The zero-order valence-electron chi connectivity index (χ0n) is 24.7. The number of unbranched alkanes of at least 4 members (excludes halogenated alkanes) is 2. The van der Waals surface area contributed by atoms with Crippen molar-refractivity contribution in [1.82, 2.24) is 9.80 Å². The second-order valence-corrected chi connectivity index (χ2v) is 13.4. The Morgan fingerprint density at radius 3 is 2.61 bits per heavy atom. The van der Waals surface area contributed by atoms with E-state index in [1.807, 2.05) is 50.3 Å². The summed E-state index contributed by atoms with van der Waals surface area (Å²) >= 11 is 1.64. The number of amides is 2. The van der Waals surface area contributed by atoms with Crippen molar-refractivity contribution in [2.75, 3.05) is 19.8 Å². The Kier molecular flexibility index (Phi) is 10.4. The highest BCUT2D eigenvalue weighted by molar-refractivity contribution is 8.02. The molecule has 4 rings (SSSR count). The Hall–Kier alpha value is -2.58. The average molecular weight is 583 g/mol. The molecule has 1 aromatic carbocycles. The number of hydrogen-bond acceptors (Lipinski definition) is 6. The number of carbonyl (C=O) groups is 3. The molecule has 3 saturated heterocycles. The molecule has 8 atom stereocenters. The molecule has 224 valence electrons. The summed E-state index contributed by atoms with van der Waals surface area (Å²) < 4.78 is 4.99. The SMILES string of the molecule is C=CCCCCOC(=O)[C@@H]1[C@H]2C(=O)N([C@@H](CO)[C@@H](C)CC)C(C(=O)N(CC=C)Cc3ccccc3)C23S[C@@H]1CC3C. The van der Waals surface area contributed by atoms with Gasteiger partial charge in [0.15, 0.2) is 0 Å². The van der Waals surface area contributed by atoms with E-state index in [0.717, 1.165) is 37.7 Å². The maximum Gasteiger partial charge on any atom is 0.310 e. The average Bonchev–Trinajstić information content (AvgIpc) is 3.57. The van der Waals surface area contributed by atoms with Gasteiger partial charge in [0.05, 0.1) is 35.8 Å². The number of esters is 1. The fourth-order valence-electron chi connectivity index (χ4n) is 7.20. The molecular formula is C33H46N2O5S. The minimum Gasteiger partial charge on any atom is -0.465 e. The van der Waals surface area contributed by atoms with Crippen molar-refractivity contribution in [2.45, 2.75) is 81.5 Å². The van der Waals surface area contributed by atoms with Gasteiger partial charge in [0.25, 0.3) is 0 Å². The molecule has 3 fully saturated rings. The van der Waals surface area contributed by atoms with E-state index in [2.05, 4.69) is 20.1 Å². The smallest absolute Gasteiger partial charge is 0.310 e. The molecule has 1 aromatic rings. The summed E-state index contributed by atoms with van der Waals surface area (Å²) in [7, 11) is 0. The number of ether oxygens (including phenoxy) is 1. The molecule has 0 radical (unpaired) electrons. The molecular weight excluding hydrogens is 536 g/mol. The molecule has 0 aliphatic carbocycles. The first kappa shape index (κ1) is 31.4. The van der Waals surface area contributed by atoms with Gasteiger partial charge < -0.3 is 19.6 Å². The van der Waals surface area contributed by atoms with Crippen molar-refractivity contribution in [3.63, 3.8) is 0 Å². The standard InChI is InChI=1S/C33H46N2O5S/c1-6-9-10-14-18-40-32(39)27-26-19-23(5)33(41-26)28(27)30(37)35(25(21-36)22(4)8-3)29(33)31(38)34(17-7-2)20-24-15-12-11-13-16-24/h6-7,11-13,15-16,22-23,25-29,36H,1-2,8-10,14,17-21H2,3-5H3/t22-,23?,25-,26+,27-,28-,29?,33?/m0/s1. The number of fused-ring (bicyclic) bond motifs is 1. The van der Waals surface area contributed by atoms with Crippen LogP contribution in [0.1, 0.15) is 58.4 Å². The summed E-state index contributed by atoms with van der Waals surface area (Å²) in [5.74, 6) is -1.92. The summed E-state index contributed by atoms with van der Waals surface area (Å²) in [6, 6.07) is 8.49. The topological polar surface area (TPSA) is 87.1 Å². The van der Waals surface area contributed by atoms with Crippen molar-refractivity contribution in [3.05, 3.63) is 61.2 Å². The van der Waals surface area contributed by atoms with Crippen LogP contribution in [0.5, 0.6) is 0 Å². The van der Waals surface area contributed by atoms with E-state index in [9.17, 15) is 19.5 Å². The fraction of sp³-hybridized carbons (Fsp3) is 0.606. The first-order valence-electron chi connectivity index (χ1n) is 15.1. The predicted molar refractivity (Wildman–Crippen MR) is 163 cm³/mol. The zero-order valence-corrected chi connectivity index (χ0v) is 25.6. The number of rotatable bonds is 15. The fourth-order valence-corrected chi connectivity index (χ4v) is 9.59. The van der Waals surface area contributed by atoms with Crippen molar-refractivity contribution >= 4 is 29.5 Å². The lowest BCUT2D eigenvalue weighted by molar-refractivity contribution is -0.155. The van der Waals surface area contributed by atoms with Crippen molar-refractivity contribution in [3.8, 4) is 0 Å². The normalized spacial score (nSPS) is 29.6. The van der Waals surface area contributed by atoms with Crippen LogP contribution >= 0.6 is 11.8 Å². The highest BCUT2D eigenvalue weighted by Gasteiger charge is 2.77. The van der Waals surface area contributed by atoms with Crippen molar-refractivity contribution in [1.29, 1.82) is 0 Å². The van der Waals surface area contributed by atoms with Gasteiger partial charge in [-0.15, -0.1) is 24.9 Å². The first-order chi connectivity index (χ1) is 19.8. The summed E-state index contributed by atoms with van der Waals surface area (Å²) in [5.41, 5.74) is 0.989. The molecule has 0 aromatic heterocycles. The number of carbonyl (C=O) groups excluding carboxylic acids is 3. The van der Waals surface area contributed by atoms with Crippen LogP contribution in [0.2, 0.25) is 0 Å². The minimum absolute atomic E-state index is 0.0239. The minimum atomic E-state index is -0.787. The van der Waals surface area contributed by atoms with E-state index >= 15 is 0 Å². The Morgan fingerprint density at radius 2 is 1.98 bits per heavy atom. The molecule has 8 heteroatoms.